The van der Waals surface area contributed by atoms with E-state index in [9.17, 15) is 9.59 Å². The molecule has 5 heteroatoms. The number of nitrogens with one attached hydrogen (secondary N) is 2. The summed E-state index contributed by atoms with van der Waals surface area (Å²) < 4.78 is 5.59. The van der Waals surface area contributed by atoms with Gasteiger partial charge in [0.2, 0.25) is 5.91 Å². The van der Waals surface area contributed by atoms with Gasteiger partial charge in [-0.2, -0.15) is 0 Å². The fourth-order valence-electron chi connectivity index (χ4n) is 2.29. The first-order valence-electron chi connectivity index (χ1n) is 6.81. The number of piperidine rings is 1. The predicted octanol–water partition coefficient (Wildman–Crippen LogP) is 1.08. The van der Waals surface area contributed by atoms with Gasteiger partial charge in [0.25, 0.3) is 5.91 Å². The first-order valence-corrected chi connectivity index (χ1v) is 6.81. The molecule has 1 fully saturated rings. The number of ether oxygens (including phenoxy) is 1. The molecule has 0 aliphatic carbocycles. The number of carbonyl (C=O) groups is 2. The third-order valence-corrected chi connectivity index (χ3v) is 3.39. The van der Waals surface area contributed by atoms with Crippen molar-refractivity contribution in [1.82, 2.24) is 10.6 Å². The lowest BCUT2D eigenvalue weighted by Crippen LogP contribution is -2.48. The second-order valence-electron chi connectivity index (χ2n) is 5.12. The first-order chi connectivity index (χ1) is 9.56. The summed E-state index contributed by atoms with van der Waals surface area (Å²) in [5.41, 5.74) is 2.03. The fourth-order valence-corrected chi connectivity index (χ4v) is 2.29. The van der Waals surface area contributed by atoms with E-state index in [1.54, 1.807) is 0 Å². The van der Waals surface area contributed by atoms with Crippen molar-refractivity contribution in [2.45, 2.75) is 32.7 Å². The van der Waals surface area contributed by atoms with Crippen LogP contribution in [-0.4, -0.2) is 31.0 Å². The van der Waals surface area contributed by atoms with E-state index in [2.05, 4.69) is 10.6 Å². The smallest absolute Gasteiger partial charge is 0.258 e. The van der Waals surface area contributed by atoms with Gasteiger partial charge in [-0.05, 0) is 31.4 Å². The Morgan fingerprint density at radius 3 is 2.70 bits per heavy atom. The molecule has 1 aromatic carbocycles. The number of carbonyl (C=O) groups excluding carboxylic acids is 2. The second kappa shape index (κ2) is 6.41. The lowest BCUT2D eigenvalue weighted by atomic mass is 10.1. The van der Waals surface area contributed by atoms with Crippen LogP contribution in [-0.2, 0) is 9.59 Å². The molecule has 2 N–H and O–H groups in total. The minimum absolute atomic E-state index is 0.00164. The maximum atomic E-state index is 11.8. The minimum Gasteiger partial charge on any atom is -0.483 e. The molecule has 108 valence electrons. The second-order valence-corrected chi connectivity index (χ2v) is 5.12. The highest BCUT2D eigenvalue weighted by atomic mass is 16.5. The summed E-state index contributed by atoms with van der Waals surface area (Å²) in [6, 6.07) is 5.87. The van der Waals surface area contributed by atoms with Crippen molar-refractivity contribution >= 4 is 11.8 Å². The van der Waals surface area contributed by atoms with Gasteiger partial charge in [-0.15, -0.1) is 0 Å². The van der Waals surface area contributed by atoms with Crippen molar-refractivity contribution in [3.8, 4) is 5.75 Å². The highest BCUT2D eigenvalue weighted by Gasteiger charge is 2.19. The molecule has 0 aromatic heterocycles. The van der Waals surface area contributed by atoms with Gasteiger partial charge in [0.15, 0.2) is 6.61 Å². The molecular formula is C15H20N2O3. The van der Waals surface area contributed by atoms with Crippen molar-refractivity contribution in [3.05, 3.63) is 29.3 Å². The van der Waals surface area contributed by atoms with Gasteiger partial charge in [-0.25, -0.2) is 0 Å². The number of amides is 2. The third-order valence-electron chi connectivity index (χ3n) is 3.39. The molecule has 1 saturated heterocycles. The quantitative estimate of drug-likeness (QED) is 0.864. The highest BCUT2D eigenvalue weighted by Crippen LogP contribution is 2.22. The molecule has 5 nitrogen and oxygen atoms in total. The largest absolute Gasteiger partial charge is 0.483 e. The van der Waals surface area contributed by atoms with Crippen molar-refractivity contribution in [3.63, 3.8) is 0 Å². The van der Waals surface area contributed by atoms with Gasteiger partial charge in [0.1, 0.15) is 5.75 Å². The molecule has 1 unspecified atom stereocenters. The molecule has 1 aliphatic rings. The summed E-state index contributed by atoms with van der Waals surface area (Å²) in [6.07, 6.45) is 1.14. The lowest BCUT2D eigenvalue weighted by molar-refractivity contribution is -0.126. The van der Waals surface area contributed by atoms with Crippen LogP contribution in [0.25, 0.3) is 0 Å². The Morgan fingerprint density at radius 1 is 1.40 bits per heavy atom. The summed E-state index contributed by atoms with van der Waals surface area (Å²) in [7, 11) is 0. The van der Waals surface area contributed by atoms with Gasteiger partial charge in [0, 0.05) is 19.0 Å². The maximum Gasteiger partial charge on any atom is 0.258 e. The molecular weight excluding hydrogens is 256 g/mol. The van der Waals surface area contributed by atoms with Gasteiger partial charge < -0.3 is 15.4 Å². The number of para-hydroxylation sites is 1. The van der Waals surface area contributed by atoms with Crippen LogP contribution in [0, 0.1) is 13.8 Å². The standard InChI is InChI=1S/C15H20N2O3/c1-10-4-3-5-11(2)15(10)20-9-14(19)17-12-6-7-13(18)16-8-12/h3-5,12H,6-9H2,1-2H3,(H,16,18)(H,17,19). The summed E-state index contributed by atoms with van der Waals surface area (Å²) in [4.78, 5) is 22.9. The van der Waals surface area contributed by atoms with Crippen LogP contribution in [0.1, 0.15) is 24.0 Å². The molecule has 0 radical (unpaired) electrons. The zero-order valence-corrected chi connectivity index (χ0v) is 11.9. The van der Waals surface area contributed by atoms with E-state index in [0.717, 1.165) is 16.9 Å². The fraction of sp³-hybridized carbons (Fsp3) is 0.467. The average Bonchev–Trinajstić information content (AvgIpc) is 2.41. The number of benzene rings is 1. The molecule has 2 amide bonds. The third kappa shape index (κ3) is 3.73. The maximum absolute atomic E-state index is 11.8. The Balaban J connectivity index is 1.82. The normalized spacial score (nSPS) is 18.3. The molecule has 0 spiro atoms. The van der Waals surface area contributed by atoms with Gasteiger partial charge in [0.05, 0.1) is 0 Å². The SMILES string of the molecule is Cc1cccc(C)c1OCC(=O)NC1CCC(=O)NC1. The van der Waals surface area contributed by atoms with E-state index in [1.165, 1.54) is 0 Å². The monoisotopic (exact) mass is 276 g/mol. The van der Waals surface area contributed by atoms with Gasteiger partial charge in [-0.1, -0.05) is 18.2 Å². The van der Waals surface area contributed by atoms with Crippen molar-refractivity contribution in [1.29, 1.82) is 0 Å². The van der Waals surface area contributed by atoms with Crippen molar-refractivity contribution in [2.24, 2.45) is 0 Å². The average molecular weight is 276 g/mol. The Bertz CT molecular complexity index is 484. The molecule has 0 saturated carbocycles. The number of hydrogen-bond acceptors (Lipinski definition) is 3. The number of aryl methyl sites for hydroxylation is 2. The van der Waals surface area contributed by atoms with Crippen LogP contribution in [0.15, 0.2) is 18.2 Å². The topological polar surface area (TPSA) is 67.4 Å². The Kier molecular flexibility index (Phi) is 4.61. The zero-order chi connectivity index (χ0) is 14.5. The molecule has 1 aromatic rings. The van der Waals surface area contributed by atoms with E-state index in [-0.39, 0.29) is 24.5 Å². The minimum atomic E-state index is -0.159. The van der Waals surface area contributed by atoms with Gasteiger partial charge in [-0.3, -0.25) is 9.59 Å². The van der Waals surface area contributed by atoms with E-state index in [0.29, 0.717) is 19.4 Å². The van der Waals surface area contributed by atoms with Crippen LogP contribution in [0.4, 0.5) is 0 Å². The Labute approximate surface area is 118 Å². The van der Waals surface area contributed by atoms with E-state index >= 15 is 0 Å². The Hall–Kier alpha value is -2.04. The molecule has 1 heterocycles. The first kappa shape index (κ1) is 14.4. The molecule has 0 bridgehead atoms. The van der Waals surface area contributed by atoms with E-state index in [4.69, 9.17) is 4.74 Å². The molecule has 1 atom stereocenters. The number of rotatable bonds is 4. The molecule has 20 heavy (non-hydrogen) atoms. The lowest BCUT2D eigenvalue weighted by Gasteiger charge is -2.23. The summed E-state index contributed by atoms with van der Waals surface area (Å²) in [5, 5.41) is 5.60. The zero-order valence-electron chi connectivity index (χ0n) is 11.9. The van der Waals surface area contributed by atoms with Crippen LogP contribution < -0.4 is 15.4 Å². The molecule has 2 rings (SSSR count). The van der Waals surface area contributed by atoms with Crippen molar-refractivity contribution < 1.29 is 14.3 Å². The summed E-state index contributed by atoms with van der Waals surface area (Å²) in [6.45, 7) is 4.40. The van der Waals surface area contributed by atoms with Gasteiger partial charge >= 0.3 is 0 Å². The van der Waals surface area contributed by atoms with Crippen LogP contribution in [0.5, 0.6) is 5.75 Å². The predicted molar refractivity (Wildman–Crippen MR) is 75.6 cm³/mol. The van der Waals surface area contributed by atoms with Crippen LogP contribution >= 0.6 is 0 Å². The Morgan fingerprint density at radius 2 is 2.10 bits per heavy atom. The highest BCUT2D eigenvalue weighted by molar-refractivity contribution is 5.79. The summed E-state index contributed by atoms with van der Waals surface area (Å²) in [5.74, 6) is 0.649. The number of hydrogen-bond donors (Lipinski definition) is 2. The van der Waals surface area contributed by atoms with E-state index in [1.807, 2.05) is 32.0 Å². The molecule has 1 aliphatic heterocycles. The van der Waals surface area contributed by atoms with Crippen LogP contribution in [0.2, 0.25) is 0 Å². The van der Waals surface area contributed by atoms with Crippen LogP contribution in [0.3, 0.4) is 0 Å². The summed E-state index contributed by atoms with van der Waals surface area (Å²) >= 11 is 0. The van der Waals surface area contributed by atoms with E-state index < -0.39 is 0 Å². The van der Waals surface area contributed by atoms with Crippen molar-refractivity contribution in [2.75, 3.05) is 13.2 Å².